The van der Waals surface area contributed by atoms with Crippen LogP contribution in [0.15, 0.2) is 158 Å². The largest absolute Gasteiger partial charge is 0.309 e. The summed E-state index contributed by atoms with van der Waals surface area (Å²) in [6.45, 7) is 0. The van der Waals surface area contributed by atoms with Crippen LogP contribution in [-0.4, -0.2) is 14.1 Å². The van der Waals surface area contributed by atoms with E-state index in [2.05, 4.69) is 149 Å². The highest BCUT2D eigenvalue weighted by molar-refractivity contribution is 6.10. The molecule has 0 N–H and O–H groups in total. The number of hydrogen-bond donors (Lipinski definition) is 0. The number of hydrogen-bond acceptors (Lipinski definition) is 2. The van der Waals surface area contributed by atoms with Crippen LogP contribution in [-0.2, 0) is 0 Å². The van der Waals surface area contributed by atoms with Gasteiger partial charge < -0.3 is 9.13 Å². The summed E-state index contributed by atoms with van der Waals surface area (Å²) < 4.78 is 4.64. The van der Waals surface area contributed by atoms with Gasteiger partial charge in [-0.05, 0) is 66.2 Å². The maximum atomic E-state index is 9.95. The highest BCUT2D eigenvalue weighted by Crippen LogP contribution is 2.39. The van der Waals surface area contributed by atoms with Crippen molar-refractivity contribution in [2.24, 2.45) is 0 Å². The molecule has 0 aliphatic carbocycles. The van der Waals surface area contributed by atoms with Crippen LogP contribution in [0.3, 0.4) is 0 Å². The van der Waals surface area contributed by atoms with Gasteiger partial charge in [0.1, 0.15) is 0 Å². The lowest BCUT2D eigenvalue weighted by molar-refractivity contribution is 1.14. The van der Waals surface area contributed by atoms with Crippen molar-refractivity contribution in [1.82, 2.24) is 14.1 Å². The predicted octanol–water partition coefficient (Wildman–Crippen LogP) is 10.5. The van der Waals surface area contributed by atoms with Gasteiger partial charge in [-0.25, -0.2) is 0 Å². The molecule has 0 bridgehead atoms. The fourth-order valence-corrected chi connectivity index (χ4v) is 7.03. The molecule has 3 aromatic heterocycles. The Bertz CT molecular complexity index is 2560. The topological polar surface area (TPSA) is 46.5 Å². The van der Waals surface area contributed by atoms with Gasteiger partial charge in [0.15, 0.2) is 0 Å². The van der Waals surface area contributed by atoms with Crippen LogP contribution in [0.5, 0.6) is 0 Å². The van der Waals surface area contributed by atoms with Gasteiger partial charge in [0.2, 0.25) is 0 Å². The van der Waals surface area contributed by atoms with Crippen LogP contribution in [0, 0.1) is 11.3 Å². The van der Waals surface area contributed by atoms with E-state index in [1.165, 1.54) is 21.5 Å². The van der Waals surface area contributed by atoms with Crippen molar-refractivity contribution >= 4 is 43.6 Å². The molecule has 6 aromatic carbocycles. The van der Waals surface area contributed by atoms with Gasteiger partial charge in [-0.2, -0.15) is 5.26 Å². The number of para-hydroxylation sites is 4. The maximum Gasteiger partial charge on any atom is 0.0991 e. The van der Waals surface area contributed by atoms with Gasteiger partial charge in [0.05, 0.1) is 50.8 Å². The molecule has 214 valence electrons. The molecule has 0 saturated heterocycles. The van der Waals surface area contributed by atoms with Crippen molar-refractivity contribution in [3.63, 3.8) is 0 Å². The Morgan fingerprint density at radius 2 is 0.978 bits per heavy atom. The number of benzene rings is 6. The van der Waals surface area contributed by atoms with E-state index in [4.69, 9.17) is 4.98 Å². The predicted molar refractivity (Wildman–Crippen MR) is 189 cm³/mol. The summed E-state index contributed by atoms with van der Waals surface area (Å²) >= 11 is 0. The summed E-state index contributed by atoms with van der Waals surface area (Å²) in [5.74, 6) is 0. The molecule has 46 heavy (non-hydrogen) atoms. The molecule has 9 rings (SSSR count). The fourth-order valence-electron chi connectivity index (χ4n) is 7.03. The molecular formula is C42H26N4. The number of pyridine rings is 1. The van der Waals surface area contributed by atoms with Crippen LogP contribution >= 0.6 is 0 Å². The molecule has 4 nitrogen and oxygen atoms in total. The Labute approximate surface area is 265 Å². The van der Waals surface area contributed by atoms with Crippen molar-refractivity contribution < 1.29 is 0 Å². The SMILES string of the molecule is N#Cc1ccc(-n2c3ccccc3c3ccccc32)c(-c2cccc(-c3ncccc3-n3c4ccccc4c4ccccc43)c2)c1. The Morgan fingerprint density at radius 3 is 1.54 bits per heavy atom. The van der Waals surface area contributed by atoms with Gasteiger partial charge in [0, 0.05) is 38.9 Å². The third-order valence-corrected chi connectivity index (χ3v) is 9.00. The average molecular weight is 587 g/mol. The second kappa shape index (κ2) is 10.3. The highest BCUT2D eigenvalue weighted by atomic mass is 15.0. The van der Waals surface area contributed by atoms with Crippen molar-refractivity contribution in [1.29, 1.82) is 5.26 Å². The van der Waals surface area contributed by atoms with Gasteiger partial charge >= 0.3 is 0 Å². The standard InChI is InChI=1S/C42H26N4/c43-27-28-22-23-40(45-36-17-5-1-13-31(36)32-14-2-6-18-37(32)45)35(25-28)29-11-9-12-30(26-29)42-41(21-10-24-44-42)46-38-19-7-3-15-33(38)34-16-4-8-20-39(34)46/h1-26H. The Morgan fingerprint density at radius 1 is 0.457 bits per heavy atom. The molecule has 0 unspecified atom stereocenters. The third-order valence-electron chi connectivity index (χ3n) is 9.00. The molecule has 3 heterocycles. The number of aromatic nitrogens is 3. The molecule has 0 radical (unpaired) electrons. The van der Waals surface area contributed by atoms with Crippen molar-refractivity contribution in [2.75, 3.05) is 0 Å². The van der Waals surface area contributed by atoms with Crippen LogP contribution in [0.25, 0.3) is 77.4 Å². The van der Waals surface area contributed by atoms with Gasteiger partial charge in [0.25, 0.3) is 0 Å². The number of rotatable bonds is 4. The minimum absolute atomic E-state index is 0.619. The van der Waals surface area contributed by atoms with Crippen LogP contribution in [0.2, 0.25) is 0 Å². The van der Waals surface area contributed by atoms with Gasteiger partial charge in [-0.3, -0.25) is 4.98 Å². The van der Waals surface area contributed by atoms with Crippen LogP contribution in [0.4, 0.5) is 0 Å². The fraction of sp³-hybridized carbons (Fsp3) is 0. The quantitative estimate of drug-likeness (QED) is 0.206. The minimum Gasteiger partial charge on any atom is -0.309 e. The normalized spacial score (nSPS) is 11.5. The molecule has 0 fully saturated rings. The van der Waals surface area contributed by atoms with E-state index in [9.17, 15) is 5.26 Å². The van der Waals surface area contributed by atoms with Gasteiger partial charge in [-0.1, -0.05) is 91.0 Å². The molecule has 0 atom stereocenters. The Hall–Kier alpha value is -6.44. The lowest BCUT2D eigenvalue weighted by atomic mass is 9.97. The molecule has 0 spiro atoms. The average Bonchev–Trinajstić information content (AvgIpc) is 3.64. The zero-order valence-electron chi connectivity index (χ0n) is 24.8. The number of nitrogens with zero attached hydrogens (tertiary/aromatic N) is 4. The lowest BCUT2D eigenvalue weighted by Crippen LogP contribution is -2.00. The summed E-state index contributed by atoms with van der Waals surface area (Å²) in [7, 11) is 0. The lowest BCUT2D eigenvalue weighted by Gasteiger charge is -2.16. The summed E-state index contributed by atoms with van der Waals surface area (Å²) in [5, 5.41) is 14.8. The second-order valence-electron chi connectivity index (χ2n) is 11.5. The molecule has 4 heteroatoms. The van der Waals surface area contributed by atoms with Crippen molar-refractivity contribution in [3.8, 4) is 39.8 Å². The number of nitriles is 1. The maximum absolute atomic E-state index is 9.95. The first-order valence-corrected chi connectivity index (χ1v) is 15.4. The monoisotopic (exact) mass is 586 g/mol. The third kappa shape index (κ3) is 3.89. The van der Waals surface area contributed by atoms with E-state index >= 15 is 0 Å². The van der Waals surface area contributed by atoms with E-state index in [0.29, 0.717) is 5.56 Å². The molecule has 9 aromatic rings. The first kappa shape index (κ1) is 26.0. The number of fused-ring (bicyclic) bond motifs is 6. The molecular weight excluding hydrogens is 560 g/mol. The Kier molecular flexibility index (Phi) is 5.84. The summed E-state index contributed by atoms with van der Waals surface area (Å²) in [6, 6.07) is 55.1. The van der Waals surface area contributed by atoms with E-state index in [-0.39, 0.29) is 0 Å². The van der Waals surface area contributed by atoms with E-state index in [0.717, 1.165) is 55.8 Å². The summed E-state index contributed by atoms with van der Waals surface area (Å²) in [5.41, 5.74) is 11.1. The first-order chi connectivity index (χ1) is 22.8. The highest BCUT2D eigenvalue weighted by Gasteiger charge is 2.19. The summed E-state index contributed by atoms with van der Waals surface area (Å²) in [6.07, 6.45) is 1.86. The summed E-state index contributed by atoms with van der Waals surface area (Å²) in [4.78, 5) is 4.96. The molecule has 0 aliphatic rings. The molecule has 0 amide bonds. The minimum atomic E-state index is 0.619. The van der Waals surface area contributed by atoms with Crippen LogP contribution < -0.4 is 0 Å². The zero-order valence-corrected chi connectivity index (χ0v) is 24.8. The Balaban J connectivity index is 1.28. The molecule has 0 aliphatic heterocycles. The first-order valence-electron chi connectivity index (χ1n) is 15.4. The van der Waals surface area contributed by atoms with E-state index < -0.39 is 0 Å². The zero-order chi connectivity index (χ0) is 30.6. The molecule has 0 saturated carbocycles. The smallest absolute Gasteiger partial charge is 0.0991 e. The van der Waals surface area contributed by atoms with Crippen molar-refractivity contribution in [2.45, 2.75) is 0 Å². The van der Waals surface area contributed by atoms with Gasteiger partial charge in [-0.15, -0.1) is 0 Å². The van der Waals surface area contributed by atoms with Crippen molar-refractivity contribution in [3.05, 3.63) is 163 Å². The van der Waals surface area contributed by atoms with Crippen LogP contribution in [0.1, 0.15) is 5.56 Å². The van der Waals surface area contributed by atoms with E-state index in [1.54, 1.807) is 0 Å². The van der Waals surface area contributed by atoms with E-state index in [1.807, 2.05) is 24.4 Å². The second-order valence-corrected chi connectivity index (χ2v) is 11.5.